The average molecular weight is 486 g/mol. The molecule has 0 spiro atoms. The van der Waals surface area contributed by atoms with Gasteiger partial charge in [0.25, 0.3) is 5.91 Å². The maximum atomic E-state index is 12.4. The Balaban J connectivity index is 1.49. The van der Waals surface area contributed by atoms with Gasteiger partial charge in [0.2, 0.25) is 5.91 Å². The number of nitrogens with one attached hydrogen (secondary N) is 1. The minimum absolute atomic E-state index is 0.0750. The molecule has 1 aliphatic rings. The quantitative estimate of drug-likeness (QED) is 0.504. The molecule has 184 valence electrons. The van der Waals surface area contributed by atoms with Crippen LogP contribution in [-0.4, -0.2) is 49.5 Å². The minimum Gasteiger partial charge on any atom is -0.484 e. The molecule has 2 amide bonds. The summed E-state index contributed by atoms with van der Waals surface area (Å²) in [6.07, 6.45) is 1.67. The summed E-state index contributed by atoms with van der Waals surface area (Å²) in [4.78, 5) is 28.8. The third kappa shape index (κ3) is 7.13. The van der Waals surface area contributed by atoms with Crippen molar-refractivity contribution < 1.29 is 14.3 Å². The van der Waals surface area contributed by atoms with Crippen molar-refractivity contribution in [3.63, 3.8) is 0 Å². The van der Waals surface area contributed by atoms with Gasteiger partial charge in [0.1, 0.15) is 5.75 Å². The molecule has 0 saturated carbocycles. The minimum atomic E-state index is -0.243. The summed E-state index contributed by atoms with van der Waals surface area (Å²) in [6, 6.07) is 13.4. The fourth-order valence-electron chi connectivity index (χ4n) is 3.99. The molecule has 1 atom stereocenters. The van der Waals surface area contributed by atoms with E-state index in [4.69, 9.17) is 16.3 Å². The van der Waals surface area contributed by atoms with Gasteiger partial charge in [0, 0.05) is 38.3 Å². The second-order valence-corrected chi connectivity index (χ2v) is 9.75. The molecule has 0 unspecified atom stereocenters. The molecule has 1 fully saturated rings. The molecule has 7 heteroatoms. The van der Waals surface area contributed by atoms with E-state index in [2.05, 4.69) is 37.9 Å². The summed E-state index contributed by atoms with van der Waals surface area (Å²) < 4.78 is 5.63. The van der Waals surface area contributed by atoms with Gasteiger partial charge >= 0.3 is 0 Å². The molecule has 1 aliphatic heterocycles. The molecule has 2 aromatic rings. The van der Waals surface area contributed by atoms with E-state index >= 15 is 0 Å². The van der Waals surface area contributed by atoms with Crippen LogP contribution in [0.2, 0.25) is 5.02 Å². The number of piperazine rings is 1. The van der Waals surface area contributed by atoms with E-state index in [1.807, 2.05) is 41.3 Å². The zero-order valence-electron chi connectivity index (χ0n) is 20.6. The average Bonchev–Trinajstić information content (AvgIpc) is 2.82. The summed E-state index contributed by atoms with van der Waals surface area (Å²) in [5.41, 5.74) is 2.80. The number of halogens is 1. The molecule has 0 radical (unpaired) electrons. The highest BCUT2D eigenvalue weighted by Crippen LogP contribution is 2.30. The number of carbonyl (C=O) groups excluding carboxylic acids is 2. The predicted octanol–water partition coefficient (Wildman–Crippen LogP) is 5.57. The van der Waals surface area contributed by atoms with E-state index in [1.165, 1.54) is 5.56 Å². The van der Waals surface area contributed by atoms with Crippen LogP contribution in [0.4, 0.5) is 11.4 Å². The Morgan fingerprint density at radius 3 is 2.29 bits per heavy atom. The molecule has 34 heavy (non-hydrogen) atoms. The number of anilines is 2. The van der Waals surface area contributed by atoms with Crippen molar-refractivity contribution >= 4 is 34.8 Å². The van der Waals surface area contributed by atoms with Crippen molar-refractivity contribution in [1.82, 2.24) is 4.90 Å². The van der Waals surface area contributed by atoms with E-state index in [9.17, 15) is 9.59 Å². The molecule has 0 aliphatic carbocycles. The number of benzene rings is 2. The SMILES string of the molecule is CC[C@@H](C)c1ccc(OCC(=O)Nc2ccc(N3CCN(C(=O)CC(C)C)CC3)c(Cl)c2)cc1. The normalized spacial score (nSPS) is 14.8. The molecule has 0 aromatic heterocycles. The van der Waals surface area contributed by atoms with Crippen molar-refractivity contribution in [2.75, 3.05) is 43.0 Å². The van der Waals surface area contributed by atoms with Crippen LogP contribution in [0.15, 0.2) is 42.5 Å². The lowest BCUT2D eigenvalue weighted by atomic mass is 9.99. The van der Waals surface area contributed by atoms with E-state index in [0.717, 1.165) is 25.2 Å². The zero-order chi connectivity index (χ0) is 24.7. The molecule has 1 N–H and O–H groups in total. The summed E-state index contributed by atoms with van der Waals surface area (Å²) in [5.74, 6) is 1.51. The maximum Gasteiger partial charge on any atom is 0.262 e. The lowest BCUT2D eigenvalue weighted by Crippen LogP contribution is -2.49. The van der Waals surface area contributed by atoms with Gasteiger partial charge in [-0.05, 0) is 54.2 Å². The maximum absolute atomic E-state index is 12.4. The van der Waals surface area contributed by atoms with E-state index in [-0.39, 0.29) is 18.4 Å². The lowest BCUT2D eigenvalue weighted by molar-refractivity contribution is -0.132. The van der Waals surface area contributed by atoms with Crippen molar-refractivity contribution in [2.45, 2.75) is 46.5 Å². The van der Waals surface area contributed by atoms with Gasteiger partial charge in [-0.1, -0.05) is 51.4 Å². The first kappa shape index (κ1) is 25.9. The Morgan fingerprint density at radius 2 is 1.71 bits per heavy atom. The number of nitrogens with zero attached hydrogens (tertiary/aromatic N) is 2. The van der Waals surface area contributed by atoms with Crippen LogP contribution in [0.1, 0.15) is 52.0 Å². The number of carbonyl (C=O) groups is 2. The molecule has 1 heterocycles. The van der Waals surface area contributed by atoms with Gasteiger partial charge < -0.3 is 19.9 Å². The zero-order valence-corrected chi connectivity index (χ0v) is 21.4. The fourth-order valence-corrected chi connectivity index (χ4v) is 4.29. The topological polar surface area (TPSA) is 61.9 Å². The van der Waals surface area contributed by atoms with Gasteiger partial charge in [-0.15, -0.1) is 0 Å². The Bertz CT molecular complexity index is 970. The van der Waals surface area contributed by atoms with Gasteiger partial charge in [0.15, 0.2) is 6.61 Å². The van der Waals surface area contributed by atoms with E-state index < -0.39 is 0 Å². The summed E-state index contributed by atoms with van der Waals surface area (Å²) in [5, 5.41) is 3.41. The molecule has 1 saturated heterocycles. The lowest BCUT2D eigenvalue weighted by Gasteiger charge is -2.36. The smallest absolute Gasteiger partial charge is 0.262 e. The van der Waals surface area contributed by atoms with E-state index in [0.29, 0.717) is 47.8 Å². The first-order chi connectivity index (χ1) is 16.3. The number of ether oxygens (including phenoxy) is 1. The molecule has 0 bridgehead atoms. The highest BCUT2D eigenvalue weighted by atomic mass is 35.5. The number of amides is 2. The molecule has 6 nitrogen and oxygen atoms in total. The highest BCUT2D eigenvalue weighted by molar-refractivity contribution is 6.33. The predicted molar refractivity (Wildman–Crippen MR) is 139 cm³/mol. The fraction of sp³-hybridized carbons (Fsp3) is 0.481. The van der Waals surface area contributed by atoms with Crippen LogP contribution < -0.4 is 15.0 Å². The van der Waals surface area contributed by atoms with Crippen molar-refractivity contribution in [3.05, 3.63) is 53.1 Å². The van der Waals surface area contributed by atoms with Gasteiger partial charge in [-0.25, -0.2) is 0 Å². The van der Waals surface area contributed by atoms with Crippen molar-refractivity contribution in [3.8, 4) is 5.75 Å². The Morgan fingerprint density at radius 1 is 1.03 bits per heavy atom. The Labute approximate surface area is 208 Å². The largest absolute Gasteiger partial charge is 0.484 e. The van der Waals surface area contributed by atoms with Crippen LogP contribution in [0.3, 0.4) is 0 Å². The van der Waals surface area contributed by atoms with Gasteiger partial charge in [-0.3, -0.25) is 9.59 Å². The number of rotatable bonds is 9. The van der Waals surface area contributed by atoms with Gasteiger partial charge in [0.05, 0.1) is 10.7 Å². The number of hydrogen-bond donors (Lipinski definition) is 1. The standard InChI is InChI=1S/C27H36ClN3O3/c1-5-20(4)21-6-9-23(10-7-21)34-18-26(32)29-22-8-11-25(24(28)17-22)30-12-14-31(15-13-30)27(33)16-19(2)3/h6-11,17,19-20H,5,12-16,18H2,1-4H3,(H,29,32)/t20-/m1/s1. The molecule has 2 aromatic carbocycles. The molecular formula is C27H36ClN3O3. The second kappa shape index (κ2) is 12.1. The first-order valence-electron chi connectivity index (χ1n) is 12.1. The summed E-state index contributed by atoms with van der Waals surface area (Å²) in [6.45, 7) is 11.2. The summed E-state index contributed by atoms with van der Waals surface area (Å²) >= 11 is 6.53. The molecule has 3 rings (SSSR count). The molecular weight excluding hydrogens is 450 g/mol. The van der Waals surface area contributed by atoms with Crippen molar-refractivity contribution in [1.29, 1.82) is 0 Å². The highest BCUT2D eigenvalue weighted by Gasteiger charge is 2.23. The third-order valence-corrected chi connectivity index (χ3v) is 6.52. The monoisotopic (exact) mass is 485 g/mol. The van der Waals surface area contributed by atoms with Crippen LogP contribution in [-0.2, 0) is 9.59 Å². The Kier molecular flexibility index (Phi) is 9.22. The first-order valence-corrected chi connectivity index (χ1v) is 12.5. The van der Waals surface area contributed by atoms with E-state index in [1.54, 1.807) is 6.07 Å². The van der Waals surface area contributed by atoms with Gasteiger partial charge in [-0.2, -0.15) is 0 Å². The summed E-state index contributed by atoms with van der Waals surface area (Å²) in [7, 11) is 0. The third-order valence-electron chi connectivity index (χ3n) is 6.22. The van der Waals surface area contributed by atoms with Crippen LogP contribution in [0, 0.1) is 5.92 Å². The van der Waals surface area contributed by atoms with Crippen molar-refractivity contribution in [2.24, 2.45) is 5.92 Å². The second-order valence-electron chi connectivity index (χ2n) is 9.35. The van der Waals surface area contributed by atoms with Crippen LogP contribution >= 0.6 is 11.6 Å². The number of hydrogen-bond acceptors (Lipinski definition) is 4. The van der Waals surface area contributed by atoms with Crippen LogP contribution in [0.5, 0.6) is 5.75 Å². The Hall–Kier alpha value is -2.73. The van der Waals surface area contributed by atoms with Crippen LogP contribution in [0.25, 0.3) is 0 Å².